The highest BCUT2D eigenvalue weighted by molar-refractivity contribution is 7.89. The number of hydrogen-bond donors (Lipinski definition) is 2. The number of aromatic nitrogens is 2. The molecule has 0 aliphatic rings. The van der Waals surface area contributed by atoms with Crippen LogP contribution in [-0.4, -0.2) is 34.6 Å². The Balaban J connectivity index is 1.79. The molecule has 40 heavy (non-hydrogen) atoms. The third kappa shape index (κ3) is 6.18. The van der Waals surface area contributed by atoms with Gasteiger partial charge in [-0.3, -0.25) is 4.79 Å². The maximum Gasteiger partial charge on any atom is 0.267 e. The van der Waals surface area contributed by atoms with Gasteiger partial charge < -0.3 is 19.3 Å². The predicted octanol–water partition coefficient (Wildman–Crippen LogP) is 5.56. The van der Waals surface area contributed by atoms with Crippen molar-refractivity contribution in [3.8, 4) is 34.6 Å². The Bertz CT molecular complexity index is 1580. The molecule has 204 valence electrons. The third-order valence-corrected chi connectivity index (χ3v) is 6.85. The van der Waals surface area contributed by atoms with Crippen LogP contribution >= 0.6 is 0 Å². The summed E-state index contributed by atoms with van der Waals surface area (Å²) < 4.78 is 52.2. The van der Waals surface area contributed by atoms with Crippen molar-refractivity contribution >= 4 is 23.0 Å². The van der Waals surface area contributed by atoms with E-state index in [-0.39, 0.29) is 33.5 Å². The molecule has 12 heteroatoms. The average Bonchev–Trinajstić information content (AvgIpc) is 2.97. The second-order valence-electron chi connectivity index (χ2n) is 8.29. The van der Waals surface area contributed by atoms with Gasteiger partial charge in [0.05, 0.1) is 30.1 Å². The van der Waals surface area contributed by atoms with E-state index >= 15 is 0 Å². The summed E-state index contributed by atoms with van der Waals surface area (Å²) in [6, 6.07) is 15.2. The first-order chi connectivity index (χ1) is 19.2. The summed E-state index contributed by atoms with van der Waals surface area (Å²) >= 11 is -1.58. The van der Waals surface area contributed by atoms with Gasteiger partial charge in [-0.1, -0.05) is 24.3 Å². The topological polar surface area (TPSA) is 132 Å². The Morgan fingerprint density at radius 1 is 1.10 bits per heavy atom. The maximum atomic E-state index is 13.7. The maximum absolute atomic E-state index is 13.7. The first kappa shape index (κ1) is 28.4. The van der Waals surface area contributed by atoms with Crippen LogP contribution in [0, 0.1) is 18.3 Å². The average molecular weight is 564 g/mol. The van der Waals surface area contributed by atoms with Crippen LogP contribution in [0.2, 0.25) is 0 Å². The normalized spacial score (nSPS) is 11.6. The highest BCUT2D eigenvalue weighted by atomic mass is 32.2. The zero-order valence-corrected chi connectivity index (χ0v) is 22.4. The first-order valence-corrected chi connectivity index (χ1v) is 12.9. The summed E-state index contributed by atoms with van der Waals surface area (Å²) in [5, 5.41) is 12.2. The van der Waals surface area contributed by atoms with E-state index in [0.29, 0.717) is 27.9 Å². The number of nitriles is 1. The second-order valence-corrected chi connectivity index (χ2v) is 9.65. The lowest BCUT2D eigenvalue weighted by atomic mass is 9.97. The Morgan fingerprint density at radius 3 is 2.50 bits per heavy atom. The van der Waals surface area contributed by atoms with Gasteiger partial charge in [0.15, 0.2) is 11.5 Å². The number of methoxy groups -OCH3 is 1. The van der Waals surface area contributed by atoms with Crippen LogP contribution in [0.1, 0.15) is 33.5 Å². The van der Waals surface area contributed by atoms with Gasteiger partial charge in [0, 0.05) is 48.4 Å². The molecule has 2 N–H and O–H groups in total. The zero-order chi connectivity index (χ0) is 28.8. The fourth-order valence-electron chi connectivity index (χ4n) is 3.84. The molecule has 0 unspecified atom stereocenters. The van der Waals surface area contributed by atoms with Crippen molar-refractivity contribution in [3.63, 3.8) is 0 Å². The standard InChI is InChI=1S/C28H23F2N5O4S/c1-16-21(18-5-7-19(8-6-18)26(29)30)15-34-28(39-22-9-4-17(14-31)12-23(22)38-3)25(16)27(36)35-20-10-11-33-24(13-20)40(37)32-2/h4-13,15,26,32H,1-3H3,(H,33,35,36)/t40-/m0/s1. The van der Waals surface area contributed by atoms with Crippen LogP contribution < -0.4 is 19.5 Å². The van der Waals surface area contributed by atoms with Crippen LogP contribution in [0.5, 0.6) is 17.4 Å². The fraction of sp³-hybridized carbons (Fsp3) is 0.143. The van der Waals surface area contributed by atoms with E-state index in [1.165, 1.54) is 81.1 Å². The predicted molar refractivity (Wildman–Crippen MR) is 145 cm³/mol. The van der Waals surface area contributed by atoms with Crippen molar-refractivity contribution in [2.75, 3.05) is 19.5 Å². The number of benzene rings is 2. The van der Waals surface area contributed by atoms with Crippen molar-refractivity contribution in [1.82, 2.24) is 14.7 Å². The molecule has 2 aromatic heterocycles. The summed E-state index contributed by atoms with van der Waals surface area (Å²) in [4.78, 5) is 22.1. The molecule has 2 aromatic carbocycles. The molecular weight excluding hydrogens is 540 g/mol. The van der Waals surface area contributed by atoms with E-state index in [4.69, 9.17) is 9.47 Å². The summed E-state index contributed by atoms with van der Waals surface area (Å²) in [6.45, 7) is 1.68. The Hall–Kier alpha value is -4.57. The number of rotatable bonds is 9. The Morgan fingerprint density at radius 2 is 1.85 bits per heavy atom. The van der Waals surface area contributed by atoms with Crippen molar-refractivity contribution in [3.05, 3.63) is 89.2 Å². The minimum atomic E-state index is -2.62. The largest absolute Gasteiger partial charge is 0.592 e. The molecule has 0 spiro atoms. The van der Waals surface area contributed by atoms with E-state index in [1.54, 1.807) is 6.92 Å². The Labute approximate surface area is 232 Å². The SMILES string of the molecule is CN[S@@+]([O-])c1cc(NC(=O)c2c(Oc3ccc(C#N)cc3OC)ncc(-c3ccc(C(F)F)cc3)c2C)ccn1. The molecule has 4 aromatic rings. The lowest BCUT2D eigenvalue weighted by Crippen LogP contribution is -2.21. The highest BCUT2D eigenvalue weighted by Gasteiger charge is 2.23. The van der Waals surface area contributed by atoms with Gasteiger partial charge in [-0.15, -0.1) is 4.72 Å². The van der Waals surface area contributed by atoms with E-state index in [0.717, 1.165) is 0 Å². The quantitative estimate of drug-likeness (QED) is 0.253. The molecule has 0 aliphatic heterocycles. The van der Waals surface area contributed by atoms with E-state index < -0.39 is 23.7 Å². The number of alkyl halides is 2. The lowest BCUT2D eigenvalue weighted by Gasteiger charge is -2.17. The molecule has 1 atom stereocenters. The number of amides is 1. The van der Waals surface area contributed by atoms with Gasteiger partial charge in [0.2, 0.25) is 5.88 Å². The molecule has 0 saturated heterocycles. The molecule has 0 fully saturated rings. The minimum absolute atomic E-state index is 0.0564. The lowest BCUT2D eigenvalue weighted by molar-refractivity contribution is 0.102. The van der Waals surface area contributed by atoms with Gasteiger partial charge in [-0.25, -0.2) is 18.7 Å². The molecule has 0 aliphatic carbocycles. The molecular formula is C28H23F2N5O4S. The summed E-state index contributed by atoms with van der Waals surface area (Å²) in [7, 11) is 2.93. The van der Waals surface area contributed by atoms with Crippen LogP contribution in [0.25, 0.3) is 11.1 Å². The van der Waals surface area contributed by atoms with Gasteiger partial charge in [0.1, 0.15) is 5.56 Å². The van der Waals surface area contributed by atoms with Crippen molar-refractivity contribution in [1.29, 1.82) is 5.26 Å². The van der Waals surface area contributed by atoms with Crippen molar-refractivity contribution < 1.29 is 27.6 Å². The van der Waals surface area contributed by atoms with Gasteiger partial charge in [-0.05, 0) is 36.2 Å². The molecule has 9 nitrogen and oxygen atoms in total. The van der Waals surface area contributed by atoms with E-state index in [9.17, 15) is 23.4 Å². The number of nitrogens with one attached hydrogen (secondary N) is 2. The summed E-state index contributed by atoms with van der Waals surface area (Å²) in [5.74, 6) is -0.179. The molecule has 1 amide bonds. The molecule has 4 rings (SSSR count). The number of hydrogen-bond acceptors (Lipinski definition) is 8. The van der Waals surface area contributed by atoms with Crippen LogP contribution in [0.3, 0.4) is 0 Å². The summed E-state index contributed by atoms with van der Waals surface area (Å²) in [6.07, 6.45) is 0.274. The van der Waals surface area contributed by atoms with Crippen LogP contribution in [0.15, 0.2) is 72.0 Å². The van der Waals surface area contributed by atoms with Crippen LogP contribution in [0.4, 0.5) is 14.5 Å². The number of pyridine rings is 2. The first-order valence-electron chi connectivity index (χ1n) is 11.8. The van der Waals surface area contributed by atoms with Gasteiger partial charge >= 0.3 is 0 Å². The smallest absolute Gasteiger partial charge is 0.267 e. The third-order valence-electron chi connectivity index (χ3n) is 5.87. The molecule has 0 bridgehead atoms. The van der Waals surface area contributed by atoms with Gasteiger partial charge in [0.25, 0.3) is 17.4 Å². The van der Waals surface area contributed by atoms with E-state index in [2.05, 4.69) is 20.0 Å². The number of carbonyl (C=O) groups is 1. The molecule has 2 heterocycles. The number of anilines is 1. The Kier molecular flexibility index (Phi) is 8.90. The number of halogens is 2. The minimum Gasteiger partial charge on any atom is -0.592 e. The van der Waals surface area contributed by atoms with E-state index in [1.807, 2.05) is 6.07 Å². The zero-order valence-electron chi connectivity index (χ0n) is 21.6. The molecule has 0 radical (unpaired) electrons. The van der Waals surface area contributed by atoms with Crippen molar-refractivity contribution in [2.45, 2.75) is 18.4 Å². The monoisotopic (exact) mass is 563 g/mol. The number of carbonyl (C=O) groups excluding carboxylic acids is 1. The molecule has 0 saturated carbocycles. The van der Waals surface area contributed by atoms with Crippen molar-refractivity contribution in [2.24, 2.45) is 0 Å². The number of ether oxygens (including phenoxy) is 2. The number of nitrogens with zero attached hydrogens (tertiary/aromatic N) is 3. The highest BCUT2D eigenvalue weighted by Crippen LogP contribution is 2.37. The van der Waals surface area contributed by atoms with Crippen LogP contribution in [-0.2, 0) is 11.4 Å². The summed E-state index contributed by atoms with van der Waals surface area (Å²) in [5.41, 5.74) is 2.17. The fourth-order valence-corrected chi connectivity index (χ4v) is 4.44. The second kappa shape index (κ2) is 12.5. The van der Waals surface area contributed by atoms with Gasteiger partial charge in [-0.2, -0.15) is 5.26 Å².